The van der Waals surface area contributed by atoms with Gasteiger partial charge < -0.3 is 9.64 Å². The van der Waals surface area contributed by atoms with Crippen molar-refractivity contribution < 1.29 is 18.7 Å². The third-order valence-corrected chi connectivity index (χ3v) is 7.98. The van der Waals surface area contributed by atoms with Gasteiger partial charge in [0.25, 0.3) is 11.8 Å². The highest BCUT2D eigenvalue weighted by Crippen LogP contribution is 2.33. The molecule has 0 bridgehead atoms. The minimum atomic E-state index is -0.602. The van der Waals surface area contributed by atoms with Crippen LogP contribution in [0.25, 0.3) is 0 Å². The highest BCUT2D eigenvalue weighted by atomic mass is 19.1. The minimum absolute atomic E-state index is 0.0434. The van der Waals surface area contributed by atoms with E-state index in [9.17, 15) is 14.0 Å². The number of hydrogen-bond acceptors (Lipinski definition) is 5. The van der Waals surface area contributed by atoms with E-state index < -0.39 is 11.7 Å². The quantitative estimate of drug-likeness (QED) is 0.396. The predicted molar refractivity (Wildman–Crippen MR) is 157 cm³/mol. The van der Waals surface area contributed by atoms with Gasteiger partial charge in [0, 0.05) is 32.6 Å². The molecule has 0 radical (unpaired) electrons. The van der Waals surface area contributed by atoms with Crippen molar-refractivity contribution in [2.75, 3.05) is 45.9 Å². The van der Waals surface area contributed by atoms with Crippen LogP contribution < -0.4 is 0 Å². The van der Waals surface area contributed by atoms with Gasteiger partial charge in [-0.05, 0) is 61.2 Å². The van der Waals surface area contributed by atoms with E-state index in [0.717, 1.165) is 41.1 Å². The van der Waals surface area contributed by atoms with Crippen LogP contribution >= 0.6 is 0 Å². The Morgan fingerprint density at radius 3 is 2.41 bits per heavy atom. The van der Waals surface area contributed by atoms with Gasteiger partial charge >= 0.3 is 0 Å². The first kappa shape index (κ1) is 28.6. The van der Waals surface area contributed by atoms with E-state index in [0.29, 0.717) is 26.2 Å². The molecule has 1 atom stereocenters. The molecule has 0 unspecified atom stereocenters. The van der Waals surface area contributed by atoms with Gasteiger partial charge in [-0.3, -0.25) is 14.5 Å². The average molecular weight is 557 g/mol. The van der Waals surface area contributed by atoms with Crippen LogP contribution in [0.1, 0.15) is 50.6 Å². The molecule has 8 heteroatoms. The Morgan fingerprint density at radius 2 is 1.71 bits per heavy atom. The molecule has 5 rings (SSSR count). The Balaban J connectivity index is 1.43. The summed E-state index contributed by atoms with van der Waals surface area (Å²) < 4.78 is 20.1. The van der Waals surface area contributed by atoms with E-state index in [4.69, 9.17) is 9.84 Å². The zero-order valence-electron chi connectivity index (χ0n) is 24.0. The first-order chi connectivity index (χ1) is 19.8. The number of hydrogen-bond donors (Lipinski definition) is 0. The van der Waals surface area contributed by atoms with E-state index in [2.05, 4.69) is 30.9 Å². The number of aryl methyl sites for hydroxylation is 3. The molecule has 0 saturated carbocycles. The second-order valence-corrected chi connectivity index (χ2v) is 10.9. The molecule has 3 aromatic carbocycles. The van der Waals surface area contributed by atoms with Crippen molar-refractivity contribution in [2.24, 2.45) is 5.10 Å². The summed E-state index contributed by atoms with van der Waals surface area (Å²) in [6.45, 7) is 9.56. The summed E-state index contributed by atoms with van der Waals surface area (Å²) in [5.41, 5.74) is 6.22. The van der Waals surface area contributed by atoms with Gasteiger partial charge in [0.05, 0.1) is 30.5 Å². The lowest BCUT2D eigenvalue weighted by Crippen LogP contribution is -2.46. The van der Waals surface area contributed by atoms with Gasteiger partial charge in [-0.25, -0.2) is 9.40 Å². The summed E-state index contributed by atoms with van der Waals surface area (Å²) in [7, 11) is 0. The Bertz CT molecular complexity index is 1430. The Hall–Kier alpha value is -3.88. The Kier molecular flexibility index (Phi) is 8.90. The maximum Gasteiger partial charge on any atom is 0.262 e. The van der Waals surface area contributed by atoms with E-state index >= 15 is 0 Å². The van der Waals surface area contributed by atoms with Crippen molar-refractivity contribution in [3.8, 4) is 0 Å². The summed E-state index contributed by atoms with van der Waals surface area (Å²) >= 11 is 0. The third-order valence-electron chi connectivity index (χ3n) is 7.98. The maximum absolute atomic E-state index is 14.7. The third kappa shape index (κ3) is 6.72. The van der Waals surface area contributed by atoms with Crippen molar-refractivity contribution in [1.82, 2.24) is 14.8 Å². The molecule has 7 nitrogen and oxygen atoms in total. The van der Waals surface area contributed by atoms with Crippen LogP contribution in [0.5, 0.6) is 0 Å². The van der Waals surface area contributed by atoms with Gasteiger partial charge in [-0.1, -0.05) is 54.1 Å². The molecule has 1 saturated heterocycles. The van der Waals surface area contributed by atoms with Crippen LogP contribution in [0.15, 0.2) is 71.8 Å². The van der Waals surface area contributed by atoms with Gasteiger partial charge in [0.1, 0.15) is 12.4 Å². The van der Waals surface area contributed by atoms with E-state index in [-0.39, 0.29) is 30.6 Å². The number of amides is 2. The SMILES string of the molecule is Cc1ccc([C@@H]2CC(c3ccc(C)c(C)c3)=NN2C(=O)CN(CCN2CCOCC2)C(=O)c2ccccc2F)cc1. The normalized spacial score (nSPS) is 17.4. The van der Waals surface area contributed by atoms with Gasteiger partial charge in [-0.2, -0.15) is 5.10 Å². The fourth-order valence-corrected chi connectivity index (χ4v) is 5.26. The van der Waals surface area contributed by atoms with Crippen LogP contribution in [0.2, 0.25) is 0 Å². The molecular formula is C33H37FN4O3. The number of ether oxygens (including phenoxy) is 1. The fraction of sp³-hybridized carbons (Fsp3) is 0.364. The Morgan fingerprint density at radius 1 is 0.976 bits per heavy atom. The zero-order valence-corrected chi connectivity index (χ0v) is 24.0. The number of halogens is 1. The lowest BCUT2D eigenvalue weighted by molar-refractivity contribution is -0.133. The second kappa shape index (κ2) is 12.7. The van der Waals surface area contributed by atoms with Crippen molar-refractivity contribution in [1.29, 1.82) is 0 Å². The molecule has 0 N–H and O–H groups in total. The van der Waals surface area contributed by atoms with Gasteiger partial charge in [0.2, 0.25) is 0 Å². The first-order valence-electron chi connectivity index (χ1n) is 14.2. The molecule has 2 heterocycles. The van der Waals surface area contributed by atoms with Crippen LogP contribution in [0.3, 0.4) is 0 Å². The van der Waals surface area contributed by atoms with Crippen LogP contribution in [-0.2, 0) is 9.53 Å². The van der Waals surface area contributed by atoms with Gasteiger partial charge in [-0.15, -0.1) is 0 Å². The topological polar surface area (TPSA) is 65.5 Å². The number of rotatable bonds is 8. The maximum atomic E-state index is 14.7. The van der Waals surface area contributed by atoms with E-state index in [1.165, 1.54) is 27.6 Å². The smallest absolute Gasteiger partial charge is 0.262 e. The first-order valence-corrected chi connectivity index (χ1v) is 14.2. The molecule has 1 fully saturated rings. The molecule has 0 aliphatic carbocycles. The van der Waals surface area contributed by atoms with Crippen LogP contribution in [0.4, 0.5) is 4.39 Å². The number of nitrogens with zero attached hydrogens (tertiary/aromatic N) is 4. The number of morpholine rings is 1. The van der Waals surface area contributed by atoms with Crippen LogP contribution in [0, 0.1) is 26.6 Å². The monoisotopic (exact) mass is 556 g/mol. The lowest BCUT2D eigenvalue weighted by atomic mass is 9.96. The largest absolute Gasteiger partial charge is 0.379 e. The minimum Gasteiger partial charge on any atom is -0.379 e. The molecule has 41 heavy (non-hydrogen) atoms. The second-order valence-electron chi connectivity index (χ2n) is 10.9. The molecule has 2 amide bonds. The lowest BCUT2D eigenvalue weighted by Gasteiger charge is -2.31. The number of hydrazone groups is 1. The van der Waals surface area contributed by atoms with Crippen molar-refractivity contribution in [3.05, 3.63) is 106 Å². The van der Waals surface area contributed by atoms with Crippen molar-refractivity contribution in [3.63, 3.8) is 0 Å². The zero-order chi connectivity index (χ0) is 28.9. The molecule has 3 aromatic rings. The predicted octanol–water partition coefficient (Wildman–Crippen LogP) is 4.90. The standard InChI is InChI=1S/C33H37FN4O3/c1-23-8-11-26(12-9-23)31-21-30(27-13-10-24(2)25(3)20-27)35-38(31)32(39)22-37(15-14-36-16-18-41-19-17-36)33(40)28-6-4-5-7-29(28)34/h4-13,20,31H,14-19,21-22H2,1-3H3/t31-/m0/s1. The number of benzene rings is 3. The molecule has 2 aliphatic heterocycles. The van der Waals surface area contributed by atoms with Crippen LogP contribution in [-0.4, -0.2) is 78.3 Å². The molecule has 214 valence electrons. The van der Waals surface area contributed by atoms with E-state index in [1.807, 2.05) is 37.3 Å². The summed E-state index contributed by atoms with van der Waals surface area (Å²) in [6, 6.07) is 19.9. The van der Waals surface area contributed by atoms with Crippen molar-refractivity contribution in [2.45, 2.75) is 33.2 Å². The summed E-state index contributed by atoms with van der Waals surface area (Å²) in [5, 5.41) is 6.34. The number of carbonyl (C=O) groups excluding carboxylic acids is 2. The summed E-state index contributed by atoms with van der Waals surface area (Å²) in [5.74, 6) is -1.41. The average Bonchev–Trinajstić information content (AvgIpc) is 3.43. The summed E-state index contributed by atoms with van der Waals surface area (Å²) in [6.07, 6.45) is 0.562. The molecule has 0 aromatic heterocycles. The molecule has 0 spiro atoms. The number of carbonyl (C=O) groups is 2. The molecule has 2 aliphatic rings. The fourth-order valence-electron chi connectivity index (χ4n) is 5.26. The van der Waals surface area contributed by atoms with Crippen molar-refractivity contribution >= 4 is 17.5 Å². The Labute approximate surface area is 241 Å². The van der Waals surface area contributed by atoms with Gasteiger partial charge in [0.15, 0.2) is 0 Å². The highest BCUT2D eigenvalue weighted by Gasteiger charge is 2.35. The summed E-state index contributed by atoms with van der Waals surface area (Å²) in [4.78, 5) is 31.2. The highest BCUT2D eigenvalue weighted by molar-refractivity contribution is 6.04. The van der Waals surface area contributed by atoms with E-state index in [1.54, 1.807) is 12.1 Å². The molecular weight excluding hydrogens is 519 g/mol.